The molecule has 2 aromatic rings. The number of aromatic nitrogens is 1. The summed E-state index contributed by atoms with van der Waals surface area (Å²) < 4.78 is 4.19. The normalized spacial score (nSPS) is 18.4. The van der Waals surface area contributed by atoms with E-state index in [4.69, 9.17) is 5.73 Å². The van der Waals surface area contributed by atoms with Crippen LogP contribution in [0.1, 0.15) is 35.6 Å². The summed E-state index contributed by atoms with van der Waals surface area (Å²) in [6, 6.07) is 9.10. The van der Waals surface area contributed by atoms with E-state index in [2.05, 4.69) is 34.0 Å². The van der Waals surface area contributed by atoms with Gasteiger partial charge in [-0.15, -0.1) is 0 Å². The number of aryl methyl sites for hydroxylation is 1. The van der Waals surface area contributed by atoms with Gasteiger partial charge in [-0.1, -0.05) is 24.3 Å². The molecule has 1 heterocycles. The van der Waals surface area contributed by atoms with Crippen LogP contribution in [-0.4, -0.2) is 4.37 Å². The van der Waals surface area contributed by atoms with E-state index in [0.717, 1.165) is 10.6 Å². The van der Waals surface area contributed by atoms with Crippen molar-refractivity contribution in [1.29, 1.82) is 0 Å². The van der Waals surface area contributed by atoms with Crippen molar-refractivity contribution in [3.8, 4) is 0 Å². The Bertz CT molecular complexity index is 562. The van der Waals surface area contributed by atoms with Gasteiger partial charge >= 0.3 is 0 Å². The van der Waals surface area contributed by atoms with Crippen molar-refractivity contribution in [2.75, 3.05) is 11.1 Å². The molecule has 1 aromatic heterocycles. The van der Waals surface area contributed by atoms with Crippen LogP contribution in [0, 0.1) is 6.92 Å². The second kappa shape index (κ2) is 4.61. The minimum Gasteiger partial charge on any atom is -0.383 e. The summed E-state index contributed by atoms with van der Waals surface area (Å²) in [4.78, 5) is 0. The van der Waals surface area contributed by atoms with Crippen LogP contribution in [0.4, 0.5) is 10.8 Å². The van der Waals surface area contributed by atoms with E-state index in [1.165, 1.54) is 41.9 Å². The van der Waals surface area contributed by atoms with Crippen molar-refractivity contribution >= 4 is 22.4 Å². The number of anilines is 2. The first-order chi connectivity index (χ1) is 8.75. The van der Waals surface area contributed by atoms with Gasteiger partial charge in [0.25, 0.3) is 0 Å². The summed E-state index contributed by atoms with van der Waals surface area (Å²) in [6.45, 7) is 2.02. The highest BCUT2D eigenvalue weighted by molar-refractivity contribution is 7.10. The lowest BCUT2D eigenvalue weighted by Gasteiger charge is -2.26. The Hall–Kier alpha value is -1.55. The van der Waals surface area contributed by atoms with Crippen molar-refractivity contribution in [2.24, 2.45) is 0 Å². The highest BCUT2D eigenvalue weighted by Gasteiger charge is 2.21. The highest BCUT2D eigenvalue weighted by atomic mass is 32.1. The van der Waals surface area contributed by atoms with Crippen LogP contribution in [0.5, 0.6) is 0 Å². The molecule has 0 bridgehead atoms. The molecule has 0 saturated heterocycles. The molecule has 0 radical (unpaired) electrons. The summed E-state index contributed by atoms with van der Waals surface area (Å²) in [5, 5.41) is 4.71. The average molecular weight is 259 g/mol. The molecule has 18 heavy (non-hydrogen) atoms. The van der Waals surface area contributed by atoms with Gasteiger partial charge in [-0.25, -0.2) is 0 Å². The van der Waals surface area contributed by atoms with Gasteiger partial charge in [0.1, 0.15) is 10.8 Å². The number of nitrogens with zero attached hydrogens (tertiary/aromatic N) is 1. The fourth-order valence-corrected chi connectivity index (χ4v) is 3.31. The lowest BCUT2D eigenvalue weighted by molar-refractivity contribution is 0.601. The lowest BCUT2D eigenvalue weighted by Crippen LogP contribution is -2.17. The molecule has 0 aliphatic heterocycles. The van der Waals surface area contributed by atoms with Gasteiger partial charge in [0.05, 0.1) is 6.04 Å². The Morgan fingerprint density at radius 2 is 2.22 bits per heavy atom. The van der Waals surface area contributed by atoms with Crippen molar-refractivity contribution in [3.05, 3.63) is 41.0 Å². The third-order valence-corrected chi connectivity index (χ3v) is 4.53. The van der Waals surface area contributed by atoms with E-state index in [1.54, 1.807) is 0 Å². The van der Waals surface area contributed by atoms with Crippen LogP contribution in [-0.2, 0) is 6.42 Å². The topological polar surface area (TPSA) is 50.9 Å². The molecule has 0 amide bonds. The summed E-state index contributed by atoms with van der Waals surface area (Å²) >= 11 is 1.46. The molecule has 1 aliphatic carbocycles. The zero-order valence-corrected chi connectivity index (χ0v) is 11.3. The Morgan fingerprint density at radius 1 is 1.39 bits per heavy atom. The number of nitrogens with two attached hydrogens (primary N) is 1. The predicted molar refractivity (Wildman–Crippen MR) is 77.0 cm³/mol. The van der Waals surface area contributed by atoms with E-state index >= 15 is 0 Å². The average Bonchev–Trinajstić information content (AvgIpc) is 2.71. The van der Waals surface area contributed by atoms with E-state index in [1.807, 2.05) is 6.92 Å². The predicted octanol–water partition coefficient (Wildman–Crippen LogP) is 3.52. The summed E-state index contributed by atoms with van der Waals surface area (Å²) in [7, 11) is 0. The maximum absolute atomic E-state index is 5.80. The number of hydrogen-bond acceptors (Lipinski definition) is 4. The molecule has 0 spiro atoms. The molecule has 1 aliphatic rings. The van der Waals surface area contributed by atoms with E-state index in [9.17, 15) is 0 Å². The van der Waals surface area contributed by atoms with Gasteiger partial charge in [0.2, 0.25) is 0 Å². The van der Waals surface area contributed by atoms with Gasteiger partial charge in [-0.3, -0.25) is 0 Å². The smallest absolute Gasteiger partial charge is 0.142 e. The minimum atomic E-state index is 0.397. The molecule has 0 fully saturated rings. The number of nitrogen functional groups attached to an aromatic ring is 1. The monoisotopic (exact) mass is 259 g/mol. The SMILES string of the molecule is Cc1c(N)nsc1NC1CCCc2ccccc21. The molecule has 1 aromatic carbocycles. The molecule has 3 N–H and O–H groups in total. The first-order valence-corrected chi connectivity index (χ1v) is 7.09. The minimum absolute atomic E-state index is 0.397. The summed E-state index contributed by atoms with van der Waals surface area (Å²) in [6.07, 6.45) is 3.61. The van der Waals surface area contributed by atoms with Crippen LogP contribution in [0.2, 0.25) is 0 Å². The number of fused-ring (bicyclic) bond motifs is 1. The van der Waals surface area contributed by atoms with Gasteiger partial charge in [0, 0.05) is 5.56 Å². The molecule has 4 heteroatoms. The third kappa shape index (κ3) is 1.97. The largest absolute Gasteiger partial charge is 0.383 e. The fourth-order valence-electron chi connectivity index (χ4n) is 2.54. The molecule has 1 unspecified atom stereocenters. The lowest BCUT2D eigenvalue weighted by atomic mass is 9.88. The van der Waals surface area contributed by atoms with Crippen molar-refractivity contribution < 1.29 is 0 Å². The van der Waals surface area contributed by atoms with Crippen molar-refractivity contribution in [2.45, 2.75) is 32.2 Å². The Morgan fingerprint density at radius 3 is 3.00 bits per heavy atom. The zero-order valence-electron chi connectivity index (χ0n) is 10.4. The molecule has 0 saturated carbocycles. The molecular formula is C14H17N3S. The van der Waals surface area contributed by atoms with Crippen LogP contribution in [0.25, 0.3) is 0 Å². The second-order valence-electron chi connectivity index (χ2n) is 4.81. The molecule has 1 atom stereocenters. The highest BCUT2D eigenvalue weighted by Crippen LogP contribution is 2.35. The van der Waals surface area contributed by atoms with Crippen LogP contribution in [0.3, 0.4) is 0 Å². The summed E-state index contributed by atoms with van der Waals surface area (Å²) in [5.74, 6) is 0.645. The number of rotatable bonds is 2. The maximum Gasteiger partial charge on any atom is 0.142 e. The van der Waals surface area contributed by atoms with E-state index in [0.29, 0.717) is 11.9 Å². The maximum atomic E-state index is 5.80. The number of benzene rings is 1. The van der Waals surface area contributed by atoms with Gasteiger partial charge < -0.3 is 11.1 Å². The Balaban J connectivity index is 1.89. The second-order valence-corrected chi connectivity index (χ2v) is 5.58. The van der Waals surface area contributed by atoms with Gasteiger partial charge in [-0.2, -0.15) is 4.37 Å². The molecule has 3 nitrogen and oxygen atoms in total. The Labute approximate surface area is 111 Å². The number of hydrogen-bond donors (Lipinski definition) is 2. The van der Waals surface area contributed by atoms with Gasteiger partial charge in [-0.05, 0) is 48.8 Å². The van der Waals surface area contributed by atoms with Crippen molar-refractivity contribution in [3.63, 3.8) is 0 Å². The standard InChI is InChI=1S/C14H17N3S/c1-9-13(15)17-18-14(9)16-12-8-4-6-10-5-2-3-7-11(10)12/h2-3,5,7,12,16H,4,6,8H2,1H3,(H2,15,17). The molecular weight excluding hydrogens is 242 g/mol. The van der Waals surface area contributed by atoms with Crippen molar-refractivity contribution in [1.82, 2.24) is 4.37 Å². The quantitative estimate of drug-likeness (QED) is 0.867. The van der Waals surface area contributed by atoms with E-state index < -0.39 is 0 Å². The molecule has 94 valence electrons. The van der Waals surface area contributed by atoms with Crippen LogP contribution < -0.4 is 11.1 Å². The zero-order chi connectivity index (χ0) is 12.5. The summed E-state index contributed by atoms with van der Waals surface area (Å²) in [5.41, 5.74) is 9.77. The Kier molecular flexibility index (Phi) is 2.96. The number of nitrogens with one attached hydrogen (secondary N) is 1. The van der Waals surface area contributed by atoms with Crippen LogP contribution in [0.15, 0.2) is 24.3 Å². The van der Waals surface area contributed by atoms with Crippen LogP contribution >= 0.6 is 11.5 Å². The third-order valence-electron chi connectivity index (χ3n) is 3.63. The molecule has 3 rings (SSSR count). The van der Waals surface area contributed by atoms with E-state index in [-0.39, 0.29) is 0 Å². The first-order valence-electron chi connectivity index (χ1n) is 6.32. The van der Waals surface area contributed by atoms with Gasteiger partial charge in [0.15, 0.2) is 0 Å². The first kappa shape index (κ1) is 11.5. The fraction of sp³-hybridized carbons (Fsp3) is 0.357.